The van der Waals surface area contributed by atoms with Crippen molar-refractivity contribution in [2.75, 3.05) is 5.32 Å². The Labute approximate surface area is 205 Å². The summed E-state index contributed by atoms with van der Waals surface area (Å²) in [6.45, 7) is 6.88. The number of benzene rings is 1. The fourth-order valence-corrected chi connectivity index (χ4v) is 8.51. The van der Waals surface area contributed by atoms with Gasteiger partial charge in [0.1, 0.15) is 5.78 Å². The van der Waals surface area contributed by atoms with Crippen LogP contribution in [0, 0.1) is 34.5 Å². The number of halogens is 3. The van der Waals surface area contributed by atoms with Crippen molar-refractivity contribution in [3.63, 3.8) is 0 Å². The van der Waals surface area contributed by atoms with Crippen LogP contribution in [0.15, 0.2) is 35.4 Å². The Balaban J connectivity index is 1.37. The maximum Gasteiger partial charge on any atom is 0.416 e. The van der Waals surface area contributed by atoms with E-state index in [4.69, 9.17) is 0 Å². The molecule has 1 aromatic rings. The van der Waals surface area contributed by atoms with E-state index in [1.165, 1.54) is 23.3 Å². The summed E-state index contributed by atoms with van der Waals surface area (Å²) in [4.78, 5) is 25.7. The molecule has 0 spiro atoms. The number of allylic oxidation sites excluding steroid dienone is 2. The maximum atomic E-state index is 13.4. The van der Waals surface area contributed by atoms with Crippen LogP contribution in [0.5, 0.6) is 0 Å². The smallest absolute Gasteiger partial charge is 0.326 e. The molecule has 5 rings (SSSR count). The molecule has 1 aromatic carbocycles. The number of hydrogen-bond acceptors (Lipinski definition) is 2. The van der Waals surface area contributed by atoms with Crippen molar-refractivity contribution in [3.05, 3.63) is 41.0 Å². The van der Waals surface area contributed by atoms with Gasteiger partial charge in [0.15, 0.2) is 0 Å². The molecule has 0 radical (unpaired) electrons. The van der Waals surface area contributed by atoms with Crippen LogP contribution in [-0.2, 0) is 15.8 Å². The molecule has 0 unspecified atom stereocenters. The fraction of sp³-hybridized carbons (Fsp3) is 0.655. The number of carbonyl (C=O) groups excluding carboxylic acids is 2. The molecule has 3 fully saturated rings. The minimum absolute atomic E-state index is 0.0644. The summed E-state index contributed by atoms with van der Waals surface area (Å²) in [5.41, 5.74) is 2.61. The molecule has 0 aliphatic heterocycles. The summed E-state index contributed by atoms with van der Waals surface area (Å²) in [5.74, 6) is 1.74. The molecule has 4 aliphatic rings. The standard InChI is InChI=1S/C29H36F3NO2/c1-4-17-15-21-22-9-10-24(26(35)33-19-7-5-18(6-8-19)29(30,31)32)27(22,2)14-12-23(21)28(3)13-11-20(34)16-25(17)28/h5-8,21-24H,4,9-16H2,1-3H3,(H,33,35)/t21-,22-,23-,24+,27-,28+/m0/s1. The zero-order chi connectivity index (χ0) is 25.2. The van der Waals surface area contributed by atoms with Gasteiger partial charge in [0.25, 0.3) is 0 Å². The number of Topliss-reactive ketones (excluding diaryl/α,β-unsaturated/α-hetero) is 1. The molecule has 0 heterocycles. The molecular weight excluding hydrogens is 451 g/mol. The Bertz CT molecular complexity index is 1060. The van der Waals surface area contributed by atoms with E-state index in [1.54, 1.807) is 0 Å². The fourth-order valence-electron chi connectivity index (χ4n) is 8.51. The number of ketones is 1. The summed E-state index contributed by atoms with van der Waals surface area (Å²) >= 11 is 0. The second kappa shape index (κ2) is 8.48. The van der Waals surface area contributed by atoms with Crippen molar-refractivity contribution in [1.29, 1.82) is 0 Å². The van der Waals surface area contributed by atoms with Crippen molar-refractivity contribution < 1.29 is 22.8 Å². The molecule has 0 saturated heterocycles. The van der Waals surface area contributed by atoms with Gasteiger partial charge in [-0.3, -0.25) is 9.59 Å². The molecule has 35 heavy (non-hydrogen) atoms. The van der Waals surface area contributed by atoms with Gasteiger partial charge in [0.05, 0.1) is 5.56 Å². The summed E-state index contributed by atoms with van der Waals surface area (Å²) < 4.78 is 38.7. The molecule has 3 saturated carbocycles. The molecule has 0 aromatic heterocycles. The number of anilines is 1. The minimum atomic E-state index is -4.39. The van der Waals surface area contributed by atoms with Crippen molar-refractivity contribution in [2.45, 2.75) is 84.7 Å². The zero-order valence-electron chi connectivity index (χ0n) is 20.9. The highest BCUT2D eigenvalue weighted by molar-refractivity contribution is 5.93. The van der Waals surface area contributed by atoms with Gasteiger partial charge in [-0.2, -0.15) is 13.2 Å². The number of hydrogen-bond donors (Lipinski definition) is 1. The topological polar surface area (TPSA) is 46.2 Å². The van der Waals surface area contributed by atoms with Crippen molar-refractivity contribution in [2.24, 2.45) is 34.5 Å². The Morgan fingerprint density at radius 1 is 1.06 bits per heavy atom. The lowest BCUT2D eigenvalue weighted by Gasteiger charge is -2.58. The van der Waals surface area contributed by atoms with E-state index in [1.807, 2.05) is 0 Å². The van der Waals surface area contributed by atoms with Gasteiger partial charge in [-0.1, -0.05) is 31.9 Å². The van der Waals surface area contributed by atoms with Crippen molar-refractivity contribution in [1.82, 2.24) is 0 Å². The Morgan fingerprint density at radius 3 is 2.43 bits per heavy atom. The average molecular weight is 488 g/mol. The van der Waals surface area contributed by atoms with E-state index >= 15 is 0 Å². The van der Waals surface area contributed by atoms with Crippen LogP contribution in [0.2, 0.25) is 0 Å². The normalized spacial score (nSPS) is 36.9. The SMILES string of the molecule is CCC1=C2CC(=O)CC[C@]2(C)[C@H]2CC[C@]3(C)[C@@H](C(=O)Nc4ccc(C(F)(F)F)cc4)CC[C@H]3[C@@H]2C1. The minimum Gasteiger partial charge on any atom is -0.326 e. The average Bonchev–Trinajstić information content (AvgIpc) is 3.16. The first-order valence-electron chi connectivity index (χ1n) is 13.2. The van der Waals surface area contributed by atoms with E-state index in [0.29, 0.717) is 42.1 Å². The monoisotopic (exact) mass is 487 g/mol. The lowest BCUT2D eigenvalue weighted by atomic mass is 9.46. The predicted molar refractivity (Wildman–Crippen MR) is 130 cm³/mol. The highest BCUT2D eigenvalue weighted by atomic mass is 19.4. The van der Waals surface area contributed by atoms with Crippen LogP contribution in [0.3, 0.4) is 0 Å². The largest absolute Gasteiger partial charge is 0.416 e. The first kappa shape index (κ1) is 24.6. The van der Waals surface area contributed by atoms with Crippen LogP contribution in [-0.4, -0.2) is 11.7 Å². The van der Waals surface area contributed by atoms with Crippen LogP contribution < -0.4 is 5.32 Å². The first-order valence-corrected chi connectivity index (χ1v) is 13.2. The van der Waals surface area contributed by atoms with Crippen LogP contribution >= 0.6 is 0 Å². The summed E-state index contributed by atoms with van der Waals surface area (Å²) in [5, 5.41) is 2.92. The number of nitrogens with one attached hydrogen (secondary N) is 1. The Hall–Kier alpha value is -2.11. The molecule has 3 nitrogen and oxygen atoms in total. The highest BCUT2D eigenvalue weighted by Gasteiger charge is 2.60. The molecule has 1 amide bonds. The predicted octanol–water partition coefficient (Wildman–Crippen LogP) is 7.57. The Kier molecular flexibility index (Phi) is 5.96. The second-order valence-electron chi connectivity index (χ2n) is 11.9. The molecule has 6 atom stereocenters. The number of rotatable bonds is 3. The van der Waals surface area contributed by atoms with Gasteiger partial charge in [-0.25, -0.2) is 0 Å². The maximum absolute atomic E-state index is 13.4. The second-order valence-corrected chi connectivity index (χ2v) is 11.9. The number of alkyl halides is 3. The molecule has 0 bridgehead atoms. The lowest BCUT2D eigenvalue weighted by molar-refractivity contribution is -0.137. The first-order chi connectivity index (χ1) is 16.5. The zero-order valence-corrected chi connectivity index (χ0v) is 20.9. The molecule has 190 valence electrons. The molecule has 1 N–H and O–H groups in total. The van der Waals surface area contributed by atoms with Crippen molar-refractivity contribution in [3.8, 4) is 0 Å². The summed E-state index contributed by atoms with van der Waals surface area (Å²) in [6, 6.07) is 4.73. The third-order valence-corrected chi connectivity index (χ3v) is 10.4. The van der Waals surface area contributed by atoms with E-state index in [9.17, 15) is 22.8 Å². The van der Waals surface area contributed by atoms with E-state index < -0.39 is 11.7 Å². The van der Waals surface area contributed by atoms with Gasteiger partial charge in [-0.05, 0) is 97.8 Å². The highest BCUT2D eigenvalue weighted by Crippen LogP contribution is 2.67. The summed E-state index contributed by atoms with van der Waals surface area (Å²) in [6.07, 6.45) is 3.82. The van der Waals surface area contributed by atoms with Gasteiger partial charge < -0.3 is 5.32 Å². The van der Waals surface area contributed by atoms with E-state index in [-0.39, 0.29) is 22.7 Å². The summed E-state index contributed by atoms with van der Waals surface area (Å²) in [7, 11) is 0. The number of fused-ring (bicyclic) bond motifs is 5. The van der Waals surface area contributed by atoms with Gasteiger partial charge in [0.2, 0.25) is 5.91 Å². The molecular formula is C29H36F3NO2. The quantitative estimate of drug-likeness (QED) is 0.447. The van der Waals surface area contributed by atoms with E-state index in [0.717, 1.165) is 57.1 Å². The van der Waals surface area contributed by atoms with Crippen LogP contribution in [0.25, 0.3) is 0 Å². The van der Waals surface area contributed by atoms with Crippen LogP contribution in [0.1, 0.15) is 84.1 Å². The van der Waals surface area contributed by atoms with Gasteiger partial charge in [0, 0.05) is 24.4 Å². The van der Waals surface area contributed by atoms with Gasteiger partial charge >= 0.3 is 6.18 Å². The molecule has 4 aliphatic carbocycles. The van der Waals surface area contributed by atoms with Crippen LogP contribution in [0.4, 0.5) is 18.9 Å². The van der Waals surface area contributed by atoms with E-state index in [2.05, 4.69) is 26.1 Å². The molecule has 6 heteroatoms. The van der Waals surface area contributed by atoms with Crippen molar-refractivity contribution >= 4 is 17.4 Å². The third kappa shape index (κ3) is 3.95. The number of carbonyl (C=O) groups is 2. The Morgan fingerprint density at radius 2 is 1.77 bits per heavy atom. The third-order valence-electron chi connectivity index (χ3n) is 10.4. The lowest BCUT2D eigenvalue weighted by Crippen LogP contribution is -2.52. The van der Waals surface area contributed by atoms with Gasteiger partial charge in [-0.15, -0.1) is 0 Å². The number of amides is 1.